The SMILES string of the molecule is Cc1cc(=O)oc2cc(NC(=S)Nc3ccc(I)cc3)ccc12. The van der Waals surface area contributed by atoms with Crippen LogP contribution in [-0.2, 0) is 0 Å². The Morgan fingerprint density at radius 2 is 1.70 bits per heavy atom. The molecule has 0 spiro atoms. The lowest BCUT2D eigenvalue weighted by molar-refractivity contribution is 0.560. The predicted molar refractivity (Wildman–Crippen MR) is 106 cm³/mol. The van der Waals surface area contributed by atoms with Gasteiger partial charge in [0.2, 0.25) is 0 Å². The van der Waals surface area contributed by atoms with Gasteiger partial charge in [0.25, 0.3) is 0 Å². The van der Waals surface area contributed by atoms with Crippen molar-refractivity contribution in [2.75, 3.05) is 10.6 Å². The molecular formula is C17H13IN2O2S. The Hall–Kier alpha value is -1.93. The average molecular weight is 436 g/mol. The molecule has 23 heavy (non-hydrogen) atoms. The maximum absolute atomic E-state index is 11.5. The monoisotopic (exact) mass is 436 g/mol. The van der Waals surface area contributed by atoms with Crippen molar-refractivity contribution in [3.8, 4) is 0 Å². The number of benzene rings is 2. The largest absolute Gasteiger partial charge is 0.423 e. The molecule has 1 aromatic heterocycles. The summed E-state index contributed by atoms with van der Waals surface area (Å²) in [5.41, 5.74) is 2.74. The highest BCUT2D eigenvalue weighted by Gasteiger charge is 2.05. The molecule has 2 N–H and O–H groups in total. The third kappa shape index (κ3) is 3.89. The molecule has 0 aliphatic heterocycles. The fourth-order valence-corrected chi connectivity index (χ4v) is 2.82. The number of nitrogens with one attached hydrogen (secondary N) is 2. The number of halogens is 1. The first-order valence-corrected chi connectivity index (χ1v) is 8.38. The van der Waals surface area contributed by atoms with Crippen molar-refractivity contribution in [3.63, 3.8) is 0 Å². The van der Waals surface area contributed by atoms with Crippen LogP contribution in [0.4, 0.5) is 11.4 Å². The molecule has 6 heteroatoms. The number of anilines is 2. The zero-order chi connectivity index (χ0) is 16.4. The van der Waals surface area contributed by atoms with Gasteiger partial charge < -0.3 is 15.1 Å². The van der Waals surface area contributed by atoms with Gasteiger partial charge in [0, 0.05) is 32.5 Å². The Kier molecular flexibility index (Phi) is 4.63. The lowest BCUT2D eigenvalue weighted by atomic mass is 10.1. The smallest absolute Gasteiger partial charge is 0.336 e. The Morgan fingerprint density at radius 1 is 1.04 bits per heavy atom. The average Bonchev–Trinajstić information content (AvgIpc) is 2.49. The standard InChI is InChI=1S/C17H13IN2O2S/c1-10-8-16(21)22-15-9-13(6-7-14(10)15)20-17(23)19-12-4-2-11(18)3-5-12/h2-9H,1H3,(H2,19,20,23). The first-order valence-electron chi connectivity index (χ1n) is 6.89. The quantitative estimate of drug-likeness (QED) is 0.352. The first kappa shape index (κ1) is 15.9. The second-order valence-corrected chi connectivity index (χ2v) is 6.70. The minimum Gasteiger partial charge on any atom is -0.423 e. The van der Waals surface area contributed by atoms with Crippen molar-refractivity contribution in [2.24, 2.45) is 0 Å². The number of thiocarbonyl (C=S) groups is 1. The van der Waals surface area contributed by atoms with Gasteiger partial charge in [0.05, 0.1) is 0 Å². The van der Waals surface area contributed by atoms with Crippen molar-refractivity contribution in [2.45, 2.75) is 6.92 Å². The maximum atomic E-state index is 11.5. The van der Waals surface area contributed by atoms with Gasteiger partial charge in [-0.3, -0.25) is 0 Å². The molecule has 0 bridgehead atoms. The predicted octanol–water partition coefficient (Wildman–Crippen LogP) is 4.51. The van der Waals surface area contributed by atoms with Crippen LogP contribution in [0.1, 0.15) is 5.56 Å². The van der Waals surface area contributed by atoms with Gasteiger partial charge in [-0.1, -0.05) is 0 Å². The minimum absolute atomic E-state index is 0.355. The molecule has 0 saturated carbocycles. The van der Waals surface area contributed by atoms with Crippen molar-refractivity contribution >= 4 is 62.3 Å². The number of fused-ring (bicyclic) bond motifs is 1. The molecule has 3 rings (SSSR count). The second-order valence-electron chi connectivity index (χ2n) is 5.05. The summed E-state index contributed by atoms with van der Waals surface area (Å²) in [5, 5.41) is 7.59. The summed E-state index contributed by atoms with van der Waals surface area (Å²) in [4.78, 5) is 11.5. The van der Waals surface area contributed by atoms with E-state index >= 15 is 0 Å². The number of hydrogen-bond donors (Lipinski definition) is 2. The molecule has 4 nitrogen and oxygen atoms in total. The fraction of sp³-hybridized carbons (Fsp3) is 0.0588. The Bertz CT molecular complexity index is 935. The van der Waals surface area contributed by atoms with Crippen LogP contribution in [0.5, 0.6) is 0 Å². The number of rotatable bonds is 2. The summed E-state index contributed by atoms with van der Waals surface area (Å²) in [5.74, 6) is 0. The summed E-state index contributed by atoms with van der Waals surface area (Å²) >= 11 is 7.56. The van der Waals surface area contributed by atoms with Gasteiger partial charge in [-0.15, -0.1) is 0 Å². The van der Waals surface area contributed by atoms with Crippen LogP contribution in [0.15, 0.2) is 57.7 Å². The highest BCUT2D eigenvalue weighted by molar-refractivity contribution is 14.1. The summed E-state index contributed by atoms with van der Waals surface area (Å²) < 4.78 is 6.40. The van der Waals surface area contributed by atoms with E-state index in [1.807, 2.05) is 43.3 Å². The molecule has 3 aromatic rings. The topological polar surface area (TPSA) is 54.3 Å². The molecule has 0 radical (unpaired) electrons. The fourth-order valence-electron chi connectivity index (χ4n) is 2.23. The molecule has 116 valence electrons. The van der Waals surface area contributed by atoms with E-state index in [2.05, 4.69) is 33.2 Å². The molecule has 0 saturated heterocycles. The summed E-state index contributed by atoms with van der Waals surface area (Å²) in [6.45, 7) is 1.88. The van der Waals surface area contributed by atoms with E-state index < -0.39 is 0 Å². The van der Waals surface area contributed by atoms with Crippen molar-refractivity contribution in [1.29, 1.82) is 0 Å². The molecule has 1 heterocycles. The molecule has 0 aliphatic carbocycles. The molecule has 0 aliphatic rings. The van der Waals surface area contributed by atoms with Gasteiger partial charge in [-0.05, 0) is 83.7 Å². The van der Waals surface area contributed by atoms with Crippen LogP contribution < -0.4 is 16.3 Å². The number of aryl methyl sites for hydroxylation is 1. The molecule has 2 aromatic carbocycles. The highest BCUT2D eigenvalue weighted by atomic mass is 127. The van der Waals surface area contributed by atoms with Gasteiger partial charge in [-0.2, -0.15) is 0 Å². The van der Waals surface area contributed by atoms with Crippen molar-refractivity contribution in [1.82, 2.24) is 0 Å². The van der Waals surface area contributed by atoms with Crippen molar-refractivity contribution in [3.05, 3.63) is 68.1 Å². The minimum atomic E-state index is -0.355. The molecule has 0 amide bonds. The first-order chi connectivity index (χ1) is 11.0. The van der Waals surface area contributed by atoms with Crippen molar-refractivity contribution < 1.29 is 4.42 Å². The van der Waals surface area contributed by atoms with E-state index in [1.54, 1.807) is 6.07 Å². The maximum Gasteiger partial charge on any atom is 0.336 e. The lowest BCUT2D eigenvalue weighted by Crippen LogP contribution is -2.19. The van der Waals surface area contributed by atoms with E-state index in [1.165, 1.54) is 6.07 Å². The van der Waals surface area contributed by atoms with Crippen LogP contribution in [0.2, 0.25) is 0 Å². The van der Waals surface area contributed by atoms with E-state index in [0.717, 1.165) is 25.9 Å². The van der Waals surface area contributed by atoms with Gasteiger partial charge in [0.1, 0.15) is 5.58 Å². The summed E-state index contributed by atoms with van der Waals surface area (Å²) in [6, 6.07) is 15.0. The van der Waals surface area contributed by atoms with E-state index in [4.69, 9.17) is 16.6 Å². The highest BCUT2D eigenvalue weighted by Crippen LogP contribution is 2.21. The lowest BCUT2D eigenvalue weighted by Gasteiger charge is -2.11. The Balaban J connectivity index is 1.79. The normalized spacial score (nSPS) is 10.5. The van der Waals surface area contributed by atoms with Crippen LogP contribution >= 0.6 is 34.8 Å². The Morgan fingerprint density at radius 3 is 2.43 bits per heavy atom. The number of hydrogen-bond acceptors (Lipinski definition) is 3. The third-order valence-corrected chi connectivity index (χ3v) is 4.23. The van der Waals surface area contributed by atoms with Crippen LogP contribution in [-0.4, -0.2) is 5.11 Å². The van der Waals surface area contributed by atoms with Gasteiger partial charge in [0.15, 0.2) is 5.11 Å². The molecule has 0 unspecified atom stereocenters. The summed E-state index contributed by atoms with van der Waals surface area (Å²) in [7, 11) is 0. The molecule has 0 fully saturated rings. The van der Waals surface area contributed by atoms with Crippen LogP contribution in [0, 0.1) is 10.5 Å². The zero-order valence-electron chi connectivity index (χ0n) is 12.2. The van der Waals surface area contributed by atoms with E-state index in [-0.39, 0.29) is 5.63 Å². The van der Waals surface area contributed by atoms with E-state index in [0.29, 0.717) is 10.7 Å². The van der Waals surface area contributed by atoms with Crippen LogP contribution in [0.3, 0.4) is 0 Å². The van der Waals surface area contributed by atoms with Gasteiger partial charge >= 0.3 is 5.63 Å². The second kappa shape index (κ2) is 6.67. The van der Waals surface area contributed by atoms with Crippen LogP contribution in [0.25, 0.3) is 11.0 Å². The zero-order valence-corrected chi connectivity index (χ0v) is 15.2. The summed E-state index contributed by atoms with van der Waals surface area (Å²) in [6.07, 6.45) is 0. The van der Waals surface area contributed by atoms with E-state index in [9.17, 15) is 4.79 Å². The Labute approximate surface area is 152 Å². The molecule has 0 atom stereocenters. The third-order valence-electron chi connectivity index (χ3n) is 3.31. The van der Waals surface area contributed by atoms with Gasteiger partial charge in [-0.25, -0.2) is 4.79 Å². The molecular weight excluding hydrogens is 423 g/mol.